The molecule has 2 rings (SSSR count). The zero-order chi connectivity index (χ0) is 13.8. The molecule has 100 valence electrons. The van der Waals surface area contributed by atoms with Crippen molar-refractivity contribution >= 4 is 16.7 Å². The fourth-order valence-corrected chi connectivity index (χ4v) is 2.43. The summed E-state index contributed by atoms with van der Waals surface area (Å²) in [6, 6.07) is 14.0. The second-order valence-electron chi connectivity index (χ2n) is 4.88. The number of hydrogen-bond acceptors (Lipinski definition) is 2. The average Bonchev–Trinajstić information content (AvgIpc) is 2.43. The van der Waals surface area contributed by atoms with Gasteiger partial charge in [0.1, 0.15) is 0 Å². The summed E-state index contributed by atoms with van der Waals surface area (Å²) in [7, 11) is 0. The maximum Gasteiger partial charge on any atom is 0.304 e. The van der Waals surface area contributed by atoms with Gasteiger partial charge in [0.25, 0.3) is 0 Å². The van der Waals surface area contributed by atoms with Crippen molar-refractivity contribution in [3.8, 4) is 0 Å². The van der Waals surface area contributed by atoms with Gasteiger partial charge in [0.2, 0.25) is 0 Å². The summed E-state index contributed by atoms with van der Waals surface area (Å²) in [4.78, 5) is 11.0. The molecule has 0 aromatic heterocycles. The Kier molecular flexibility index (Phi) is 4.17. The molecule has 0 radical (unpaired) electrons. The summed E-state index contributed by atoms with van der Waals surface area (Å²) in [5.74, 6) is -0.936. The van der Waals surface area contributed by atoms with Crippen LogP contribution in [0.4, 0.5) is 0 Å². The highest BCUT2D eigenvalue weighted by Gasteiger charge is 2.21. The second kappa shape index (κ2) is 5.85. The summed E-state index contributed by atoms with van der Waals surface area (Å²) in [5.41, 5.74) is 7.09. The molecule has 0 heterocycles. The highest BCUT2D eigenvalue weighted by atomic mass is 16.4. The third-order valence-electron chi connectivity index (χ3n) is 3.58. The Morgan fingerprint density at radius 2 is 1.89 bits per heavy atom. The van der Waals surface area contributed by atoms with Crippen molar-refractivity contribution < 1.29 is 9.90 Å². The Hall–Kier alpha value is -1.87. The second-order valence-corrected chi connectivity index (χ2v) is 4.88. The molecule has 3 heteroatoms. The Balaban J connectivity index is 2.40. The van der Waals surface area contributed by atoms with Gasteiger partial charge < -0.3 is 10.8 Å². The van der Waals surface area contributed by atoms with Gasteiger partial charge in [0, 0.05) is 12.0 Å². The predicted octanol–water partition coefficient (Wildman–Crippen LogP) is 3.14. The van der Waals surface area contributed by atoms with Crippen molar-refractivity contribution in [1.82, 2.24) is 0 Å². The van der Waals surface area contributed by atoms with E-state index < -0.39 is 5.97 Å². The molecule has 0 aliphatic rings. The number of benzene rings is 2. The molecule has 3 N–H and O–H groups in total. The first-order valence-corrected chi connectivity index (χ1v) is 6.58. The Morgan fingerprint density at radius 1 is 1.21 bits per heavy atom. The van der Waals surface area contributed by atoms with Crippen LogP contribution in [0, 0.1) is 0 Å². The van der Waals surface area contributed by atoms with Crippen LogP contribution in [0.25, 0.3) is 10.8 Å². The van der Waals surface area contributed by atoms with Crippen molar-refractivity contribution in [2.24, 2.45) is 5.73 Å². The molecule has 0 saturated heterocycles. The molecule has 2 aromatic carbocycles. The van der Waals surface area contributed by atoms with E-state index in [-0.39, 0.29) is 18.4 Å². The van der Waals surface area contributed by atoms with E-state index in [1.807, 2.05) is 43.3 Å². The lowest BCUT2D eigenvalue weighted by atomic mass is 9.86. The van der Waals surface area contributed by atoms with Crippen LogP contribution in [0.5, 0.6) is 0 Å². The first kappa shape index (κ1) is 13.6. The number of rotatable bonds is 5. The molecule has 19 heavy (non-hydrogen) atoms. The molecule has 2 unspecified atom stereocenters. The van der Waals surface area contributed by atoms with E-state index in [1.54, 1.807) is 0 Å². The molecule has 0 aliphatic heterocycles. The minimum atomic E-state index is -0.804. The number of hydrogen-bond donors (Lipinski definition) is 2. The lowest BCUT2D eigenvalue weighted by molar-refractivity contribution is -0.137. The van der Waals surface area contributed by atoms with Crippen LogP contribution in [-0.2, 0) is 4.79 Å². The first-order valence-electron chi connectivity index (χ1n) is 6.58. The van der Waals surface area contributed by atoms with Crippen molar-refractivity contribution in [1.29, 1.82) is 0 Å². The van der Waals surface area contributed by atoms with E-state index in [0.29, 0.717) is 0 Å². The molecule has 0 saturated carbocycles. The number of carbonyl (C=O) groups is 1. The lowest BCUT2D eigenvalue weighted by Crippen LogP contribution is -2.29. The SMILES string of the molecule is CCC(N)C(CC(=O)O)c1ccc2ccccc2c1. The number of carboxylic acids is 1. The van der Waals surface area contributed by atoms with Crippen LogP contribution in [0.1, 0.15) is 31.2 Å². The van der Waals surface area contributed by atoms with E-state index in [2.05, 4.69) is 6.07 Å². The van der Waals surface area contributed by atoms with Gasteiger partial charge in [0.05, 0.1) is 6.42 Å². The molecular weight excluding hydrogens is 238 g/mol. The monoisotopic (exact) mass is 257 g/mol. The van der Waals surface area contributed by atoms with E-state index in [1.165, 1.54) is 0 Å². The van der Waals surface area contributed by atoms with Gasteiger partial charge in [-0.25, -0.2) is 0 Å². The smallest absolute Gasteiger partial charge is 0.304 e. The van der Waals surface area contributed by atoms with Gasteiger partial charge in [-0.15, -0.1) is 0 Å². The van der Waals surface area contributed by atoms with Crippen molar-refractivity contribution in [3.63, 3.8) is 0 Å². The van der Waals surface area contributed by atoms with Crippen LogP contribution in [0.3, 0.4) is 0 Å². The normalized spacial score (nSPS) is 14.2. The Bertz CT molecular complexity index is 580. The quantitative estimate of drug-likeness (QED) is 0.865. The molecule has 0 spiro atoms. The van der Waals surface area contributed by atoms with E-state index in [4.69, 9.17) is 10.8 Å². The van der Waals surface area contributed by atoms with Crippen molar-refractivity contribution in [2.45, 2.75) is 31.7 Å². The fraction of sp³-hybridized carbons (Fsp3) is 0.312. The number of carboxylic acid groups (broad SMARTS) is 1. The standard InChI is InChI=1S/C16H19NO2/c1-2-15(17)14(10-16(18)19)13-8-7-11-5-3-4-6-12(11)9-13/h3-9,14-15H,2,10,17H2,1H3,(H,18,19). The van der Waals surface area contributed by atoms with E-state index in [9.17, 15) is 4.79 Å². The van der Waals surface area contributed by atoms with Crippen LogP contribution in [-0.4, -0.2) is 17.1 Å². The van der Waals surface area contributed by atoms with Crippen LogP contribution >= 0.6 is 0 Å². The molecular formula is C16H19NO2. The lowest BCUT2D eigenvalue weighted by Gasteiger charge is -2.22. The molecule has 2 atom stereocenters. The average molecular weight is 257 g/mol. The van der Waals surface area contributed by atoms with E-state index >= 15 is 0 Å². The van der Waals surface area contributed by atoms with Crippen LogP contribution < -0.4 is 5.73 Å². The summed E-state index contributed by atoms with van der Waals surface area (Å²) < 4.78 is 0. The zero-order valence-corrected chi connectivity index (χ0v) is 11.0. The Labute approximate surface area is 113 Å². The summed E-state index contributed by atoms with van der Waals surface area (Å²) >= 11 is 0. The topological polar surface area (TPSA) is 63.3 Å². The largest absolute Gasteiger partial charge is 0.481 e. The maximum atomic E-state index is 11.0. The third-order valence-corrected chi connectivity index (χ3v) is 3.58. The van der Waals surface area contributed by atoms with Crippen LogP contribution in [0.15, 0.2) is 42.5 Å². The fourth-order valence-electron chi connectivity index (χ4n) is 2.43. The van der Waals surface area contributed by atoms with Crippen LogP contribution in [0.2, 0.25) is 0 Å². The summed E-state index contributed by atoms with van der Waals surface area (Å²) in [6.07, 6.45) is 0.845. The third kappa shape index (κ3) is 3.12. The van der Waals surface area contributed by atoms with Gasteiger partial charge in [-0.1, -0.05) is 49.4 Å². The number of nitrogens with two attached hydrogens (primary N) is 1. The minimum Gasteiger partial charge on any atom is -0.481 e. The van der Waals surface area contributed by atoms with Crippen molar-refractivity contribution in [2.75, 3.05) is 0 Å². The number of aliphatic carboxylic acids is 1. The summed E-state index contributed by atoms with van der Waals surface area (Å²) in [5, 5.41) is 11.3. The minimum absolute atomic E-state index is 0.0767. The highest BCUT2D eigenvalue weighted by molar-refractivity contribution is 5.83. The van der Waals surface area contributed by atoms with Gasteiger partial charge in [-0.05, 0) is 22.8 Å². The van der Waals surface area contributed by atoms with Gasteiger partial charge >= 0.3 is 5.97 Å². The maximum absolute atomic E-state index is 11.0. The molecule has 0 fully saturated rings. The molecule has 3 nitrogen and oxygen atoms in total. The van der Waals surface area contributed by atoms with E-state index in [0.717, 1.165) is 22.8 Å². The molecule has 0 bridgehead atoms. The predicted molar refractivity (Wildman–Crippen MR) is 77.2 cm³/mol. The van der Waals surface area contributed by atoms with Gasteiger partial charge in [-0.3, -0.25) is 4.79 Å². The first-order chi connectivity index (χ1) is 9.11. The van der Waals surface area contributed by atoms with Gasteiger partial charge in [0.15, 0.2) is 0 Å². The zero-order valence-electron chi connectivity index (χ0n) is 11.0. The van der Waals surface area contributed by atoms with Gasteiger partial charge in [-0.2, -0.15) is 0 Å². The highest BCUT2D eigenvalue weighted by Crippen LogP contribution is 2.27. The Morgan fingerprint density at radius 3 is 2.53 bits per heavy atom. The molecule has 0 aliphatic carbocycles. The summed E-state index contributed by atoms with van der Waals surface area (Å²) in [6.45, 7) is 1.99. The molecule has 2 aromatic rings. The number of fused-ring (bicyclic) bond motifs is 1. The molecule has 0 amide bonds. The van der Waals surface area contributed by atoms with Crippen molar-refractivity contribution in [3.05, 3.63) is 48.0 Å².